The molecule has 188 valence electrons. The van der Waals surface area contributed by atoms with Gasteiger partial charge in [-0.15, -0.1) is 0 Å². The summed E-state index contributed by atoms with van der Waals surface area (Å²) in [4.78, 5) is 17.0. The molecule has 2 aliphatic heterocycles. The highest BCUT2D eigenvalue weighted by molar-refractivity contribution is 5.58. The molecule has 0 saturated carbocycles. The zero-order chi connectivity index (χ0) is 24.3. The summed E-state index contributed by atoms with van der Waals surface area (Å²) in [6.07, 6.45) is 8.57. The summed E-state index contributed by atoms with van der Waals surface area (Å²) in [5.41, 5.74) is 8.36. The second-order valence-electron chi connectivity index (χ2n) is 10.7. The van der Waals surface area contributed by atoms with Crippen LogP contribution in [0.4, 0.5) is 5.69 Å². The fraction of sp³-hybridized carbons (Fsp3) is 0.467. The number of nitrogens with zero attached hydrogens (tertiary/aromatic N) is 5. The van der Waals surface area contributed by atoms with Crippen LogP contribution in [0.2, 0.25) is 0 Å². The number of aryl methyl sites for hydroxylation is 1. The van der Waals surface area contributed by atoms with Gasteiger partial charge in [-0.1, -0.05) is 24.3 Å². The Morgan fingerprint density at radius 1 is 0.944 bits per heavy atom. The van der Waals surface area contributed by atoms with Gasteiger partial charge in [0.05, 0.1) is 17.4 Å². The van der Waals surface area contributed by atoms with Gasteiger partial charge in [-0.05, 0) is 73.7 Å². The van der Waals surface area contributed by atoms with Crippen LogP contribution in [0.1, 0.15) is 47.0 Å². The number of rotatable bonds is 6. The highest BCUT2D eigenvalue weighted by Crippen LogP contribution is 2.33. The second kappa shape index (κ2) is 10.7. The molecule has 3 aromatic rings. The van der Waals surface area contributed by atoms with Gasteiger partial charge < -0.3 is 10.2 Å². The van der Waals surface area contributed by atoms with Crippen LogP contribution in [0.3, 0.4) is 0 Å². The average Bonchev–Trinajstić information content (AvgIpc) is 2.93. The molecule has 3 aliphatic rings. The van der Waals surface area contributed by atoms with Crippen molar-refractivity contribution in [3.63, 3.8) is 0 Å². The van der Waals surface area contributed by atoms with E-state index in [4.69, 9.17) is 4.98 Å². The van der Waals surface area contributed by atoms with E-state index in [9.17, 15) is 0 Å². The molecule has 1 N–H and O–H groups in total. The van der Waals surface area contributed by atoms with Crippen LogP contribution < -0.4 is 10.2 Å². The van der Waals surface area contributed by atoms with Crippen molar-refractivity contribution in [1.29, 1.82) is 0 Å². The largest absolute Gasteiger partial charge is 0.369 e. The lowest BCUT2D eigenvalue weighted by molar-refractivity contribution is 0.190. The van der Waals surface area contributed by atoms with Gasteiger partial charge in [0.25, 0.3) is 0 Å². The number of anilines is 1. The molecular formula is C30H38N6. The quantitative estimate of drug-likeness (QED) is 0.576. The lowest BCUT2D eigenvalue weighted by Crippen LogP contribution is -2.48. The standard InChI is InChI=1S/C30H38N6/c1-34(29-12-4-7-23-9-6-14-32-30(23)29)21-26-19-27-24(20-33-26)8-5-11-28(27)36-17-15-35(16-18-36)22-25-10-2-3-13-31-25/h2-3,5-6,8-11,13-14,26,29,33H,4,7,12,15-22H2,1H3/t26-,29+/m1/s1. The monoisotopic (exact) mass is 482 g/mol. The predicted octanol–water partition coefficient (Wildman–Crippen LogP) is 3.82. The van der Waals surface area contributed by atoms with Crippen molar-refractivity contribution in [2.45, 2.75) is 50.9 Å². The van der Waals surface area contributed by atoms with E-state index in [0.29, 0.717) is 12.1 Å². The zero-order valence-corrected chi connectivity index (χ0v) is 21.4. The SMILES string of the molecule is CN(C[C@H]1Cc2c(cccc2N2CCN(Cc3ccccn3)CC2)CN1)[C@H]1CCCc2cccnc21. The first-order chi connectivity index (χ1) is 17.7. The first-order valence-corrected chi connectivity index (χ1v) is 13.6. The minimum Gasteiger partial charge on any atom is -0.369 e. The molecule has 0 bridgehead atoms. The van der Waals surface area contributed by atoms with Crippen molar-refractivity contribution < 1.29 is 0 Å². The van der Waals surface area contributed by atoms with Crippen molar-refractivity contribution in [2.24, 2.45) is 0 Å². The molecule has 2 atom stereocenters. The third-order valence-electron chi connectivity index (χ3n) is 8.31. The lowest BCUT2D eigenvalue weighted by atomic mass is 9.89. The van der Waals surface area contributed by atoms with Gasteiger partial charge in [-0.3, -0.25) is 19.8 Å². The van der Waals surface area contributed by atoms with Gasteiger partial charge in [-0.25, -0.2) is 0 Å². The summed E-state index contributed by atoms with van der Waals surface area (Å²) in [6, 6.07) is 18.3. The fourth-order valence-electron chi connectivity index (χ4n) is 6.38. The molecule has 1 aromatic carbocycles. The van der Waals surface area contributed by atoms with Crippen LogP contribution in [0.25, 0.3) is 0 Å². The normalized spacial score (nSPS) is 22.3. The molecule has 2 aromatic heterocycles. The van der Waals surface area contributed by atoms with E-state index >= 15 is 0 Å². The summed E-state index contributed by atoms with van der Waals surface area (Å²) >= 11 is 0. The lowest BCUT2D eigenvalue weighted by Gasteiger charge is -2.39. The van der Waals surface area contributed by atoms with E-state index in [2.05, 4.69) is 74.5 Å². The van der Waals surface area contributed by atoms with Crippen LogP contribution in [-0.2, 0) is 25.9 Å². The molecule has 36 heavy (non-hydrogen) atoms. The molecule has 0 unspecified atom stereocenters. The third kappa shape index (κ3) is 5.03. The van der Waals surface area contributed by atoms with Crippen LogP contribution >= 0.6 is 0 Å². The Balaban J connectivity index is 1.11. The van der Waals surface area contributed by atoms with E-state index in [1.165, 1.54) is 41.8 Å². The van der Waals surface area contributed by atoms with Gasteiger partial charge in [0, 0.05) is 69.9 Å². The minimum atomic E-state index is 0.431. The number of hydrogen-bond acceptors (Lipinski definition) is 6. The molecule has 0 radical (unpaired) electrons. The number of pyridine rings is 2. The van der Waals surface area contributed by atoms with Crippen molar-refractivity contribution in [2.75, 3.05) is 44.7 Å². The van der Waals surface area contributed by atoms with Gasteiger partial charge in [0.15, 0.2) is 0 Å². The Hall–Kier alpha value is -2.80. The summed E-state index contributed by atoms with van der Waals surface area (Å²) in [7, 11) is 2.29. The molecule has 6 rings (SSSR count). The molecule has 4 heterocycles. The first kappa shape index (κ1) is 23.6. The number of likely N-dealkylation sites (N-methyl/N-ethyl adjacent to an activating group) is 1. The van der Waals surface area contributed by atoms with E-state index in [1.807, 2.05) is 18.5 Å². The Labute approximate surface area is 215 Å². The first-order valence-electron chi connectivity index (χ1n) is 13.6. The van der Waals surface area contributed by atoms with E-state index < -0.39 is 0 Å². The van der Waals surface area contributed by atoms with Crippen LogP contribution in [-0.4, -0.2) is 65.6 Å². The summed E-state index contributed by atoms with van der Waals surface area (Å²) < 4.78 is 0. The number of hydrogen-bond donors (Lipinski definition) is 1. The molecule has 0 spiro atoms. The van der Waals surface area contributed by atoms with Crippen molar-refractivity contribution >= 4 is 5.69 Å². The second-order valence-corrected chi connectivity index (χ2v) is 10.7. The van der Waals surface area contributed by atoms with Crippen LogP contribution in [0.15, 0.2) is 60.9 Å². The Kier molecular flexibility index (Phi) is 6.99. The Morgan fingerprint density at radius 2 is 1.81 bits per heavy atom. The summed E-state index contributed by atoms with van der Waals surface area (Å²) in [5.74, 6) is 0. The average molecular weight is 483 g/mol. The molecular weight excluding hydrogens is 444 g/mol. The minimum absolute atomic E-state index is 0.431. The predicted molar refractivity (Wildman–Crippen MR) is 145 cm³/mol. The number of nitrogens with one attached hydrogen (secondary N) is 1. The molecule has 1 saturated heterocycles. The zero-order valence-electron chi connectivity index (χ0n) is 21.4. The number of piperazine rings is 1. The number of benzene rings is 1. The third-order valence-corrected chi connectivity index (χ3v) is 8.31. The summed E-state index contributed by atoms with van der Waals surface area (Å²) in [6.45, 7) is 7.27. The Morgan fingerprint density at radius 3 is 2.67 bits per heavy atom. The molecule has 1 fully saturated rings. The van der Waals surface area contributed by atoms with E-state index in [0.717, 1.165) is 57.9 Å². The number of fused-ring (bicyclic) bond motifs is 2. The maximum Gasteiger partial charge on any atom is 0.0607 e. The van der Waals surface area contributed by atoms with Gasteiger partial charge in [-0.2, -0.15) is 0 Å². The van der Waals surface area contributed by atoms with Crippen molar-refractivity contribution in [3.05, 3.63) is 89.0 Å². The van der Waals surface area contributed by atoms with Gasteiger partial charge in [0.2, 0.25) is 0 Å². The molecule has 1 aliphatic carbocycles. The fourth-order valence-corrected chi connectivity index (χ4v) is 6.38. The number of aromatic nitrogens is 2. The molecule has 0 amide bonds. The maximum absolute atomic E-state index is 4.78. The van der Waals surface area contributed by atoms with Crippen LogP contribution in [0, 0.1) is 0 Å². The van der Waals surface area contributed by atoms with Gasteiger partial charge >= 0.3 is 0 Å². The topological polar surface area (TPSA) is 47.5 Å². The highest BCUT2D eigenvalue weighted by Gasteiger charge is 2.29. The molecule has 6 heteroatoms. The molecule has 6 nitrogen and oxygen atoms in total. The van der Waals surface area contributed by atoms with Crippen molar-refractivity contribution in [3.8, 4) is 0 Å². The summed E-state index contributed by atoms with van der Waals surface area (Å²) in [5, 5.41) is 3.84. The smallest absolute Gasteiger partial charge is 0.0607 e. The van der Waals surface area contributed by atoms with E-state index in [1.54, 1.807) is 5.56 Å². The van der Waals surface area contributed by atoms with E-state index in [-0.39, 0.29) is 0 Å². The Bertz CT molecular complexity index is 1160. The van der Waals surface area contributed by atoms with Gasteiger partial charge in [0.1, 0.15) is 0 Å². The maximum atomic E-state index is 4.78. The highest BCUT2D eigenvalue weighted by atomic mass is 15.3. The van der Waals surface area contributed by atoms with Crippen LogP contribution in [0.5, 0.6) is 0 Å². The van der Waals surface area contributed by atoms with Crippen molar-refractivity contribution in [1.82, 2.24) is 25.1 Å².